The van der Waals surface area contributed by atoms with Crippen LogP contribution in [0.4, 0.5) is 0 Å². The van der Waals surface area contributed by atoms with Crippen LogP contribution in [-0.4, -0.2) is 38.3 Å². The topological polar surface area (TPSA) is 36.9 Å². The number of ether oxygens (including phenoxy) is 4. The maximum absolute atomic E-state index is 5.71. The van der Waals surface area contributed by atoms with Gasteiger partial charge in [-0.25, -0.2) is 0 Å². The van der Waals surface area contributed by atoms with Crippen LogP contribution >= 0.6 is 0 Å². The van der Waals surface area contributed by atoms with Crippen LogP contribution in [0.2, 0.25) is 0 Å². The lowest BCUT2D eigenvalue weighted by Crippen LogP contribution is -2.72. The molecule has 79 valence electrons. The highest BCUT2D eigenvalue weighted by Gasteiger charge is 2.67. The van der Waals surface area contributed by atoms with Crippen molar-refractivity contribution < 1.29 is 18.9 Å². The molecule has 4 nitrogen and oxygen atoms in total. The van der Waals surface area contributed by atoms with Crippen LogP contribution in [0, 0.1) is 6.10 Å². The number of hydrogen-bond acceptors (Lipinski definition) is 4. The molecular formula is C10H15O4. The fraction of sp³-hybridized carbons (Fsp3) is 0.900. The van der Waals surface area contributed by atoms with Gasteiger partial charge in [-0.3, -0.25) is 0 Å². The molecule has 0 bridgehead atoms. The second-order valence-corrected chi connectivity index (χ2v) is 4.00. The molecule has 3 rings (SSSR count). The quantitative estimate of drug-likeness (QED) is 0.675. The summed E-state index contributed by atoms with van der Waals surface area (Å²) in [6.07, 6.45) is 3.85. The Morgan fingerprint density at radius 3 is 2.00 bits per heavy atom. The molecule has 1 radical (unpaired) electrons. The summed E-state index contributed by atoms with van der Waals surface area (Å²) in [5.41, 5.74) is -0.391. The molecule has 0 saturated carbocycles. The average Bonchev–Trinajstić information content (AvgIpc) is 1.94. The Kier molecular flexibility index (Phi) is 1.89. The van der Waals surface area contributed by atoms with Gasteiger partial charge in [0.2, 0.25) is 5.79 Å². The summed E-state index contributed by atoms with van der Waals surface area (Å²) in [7, 11) is 1.68. The van der Waals surface area contributed by atoms with Crippen molar-refractivity contribution in [1.82, 2.24) is 0 Å². The highest BCUT2D eigenvalue weighted by molar-refractivity contribution is 5.19. The Hall–Kier alpha value is -0.160. The first-order chi connectivity index (χ1) is 6.83. The van der Waals surface area contributed by atoms with E-state index in [0.29, 0.717) is 0 Å². The monoisotopic (exact) mass is 199 g/mol. The minimum absolute atomic E-state index is 0.391. The third-order valence-electron chi connectivity index (χ3n) is 3.57. The number of methoxy groups -OCH3 is 1. The summed E-state index contributed by atoms with van der Waals surface area (Å²) in [6.45, 7) is 2.34. The van der Waals surface area contributed by atoms with Crippen LogP contribution in [0.1, 0.15) is 19.3 Å². The smallest absolute Gasteiger partial charge is 0.202 e. The molecule has 2 unspecified atom stereocenters. The van der Waals surface area contributed by atoms with Gasteiger partial charge in [-0.15, -0.1) is 0 Å². The van der Waals surface area contributed by atoms with Gasteiger partial charge >= 0.3 is 0 Å². The lowest BCUT2D eigenvalue weighted by atomic mass is 9.74. The van der Waals surface area contributed by atoms with Crippen molar-refractivity contribution in [3.63, 3.8) is 0 Å². The normalized spacial score (nSPS) is 47.8. The van der Waals surface area contributed by atoms with Crippen LogP contribution in [-0.2, 0) is 18.9 Å². The van der Waals surface area contributed by atoms with Crippen LogP contribution < -0.4 is 0 Å². The van der Waals surface area contributed by atoms with Crippen LogP contribution in [0.5, 0.6) is 0 Å². The predicted octanol–water partition coefficient (Wildman–Crippen LogP) is 0.861. The largest absolute Gasteiger partial charge is 0.368 e. The standard InChI is InChI=1S/C10H15O4/c1-11-10(4-7-14-10)9(3-6-13-9)8-2-5-12-8/h2-7H2,1H3. The van der Waals surface area contributed by atoms with E-state index in [1.807, 2.05) is 0 Å². The van der Waals surface area contributed by atoms with Crippen molar-refractivity contribution in [3.05, 3.63) is 6.10 Å². The summed E-state index contributed by atoms with van der Waals surface area (Å²) in [5, 5.41) is 0. The zero-order valence-electron chi connectivity index (χ0n) is 8.38. The molecule has 0 aliphatic carbocycles. The summed E-state index contributed by atoms with van der Waals surface area (Å²) in [5.74, 6) is -0.555. The van der Waals surface area contributed by atoms with Crippen molar-refractivity contribution in [2.24, 2.45) is 0 Å². The Balaban J connectivity index is 1.83. The molecular weight excluding hydrogens is 184 g/mol. The average molecular weight is 199 g/mol. The predicted molar refractivity (Wildman–Crippen MR) is 47.4 cm³/mol. The summed E-state index contributed by atoms with van der Waals surface area (Å²) in [6, 6.07) is 0. The molecule has 14 heavy (non-hydrogen) atoms. The van der Waals surface area contributed by atoms with Gasteiger partial charge in [-0.05, 0) is 0 Å². The van der Waals surface area contributed by atoms with E-state index in [4.69, 9.17) is 18.9 Å². The van der Waals surface area contributed by atoms with Gasteiger partial charge in [0.05, 0.1) is 19.8 Å². The van der Waals surface area contributed by atoms with Gasteiger partial charge in [-0.2, -0.15) is 0 Å². The maximum Gasteiger partial charge on any atom is 0.202 e. The van der Waals surface area contributed by atoms with Crippen LogP contribution in [0.15, 0.2) is 0 Å². The van der Waals surface area contributed by atoms with E-state index in [-0.39, 0.29) is 0 Å². The Morgan fingerprint density at radius 1 is 1.14 bits per heavy atom. The highest BCUT2D eigenvalue weighted by atomic mass is 16.7. The molecule has 0 aromatic rings. The fourth-order valence-corrected chi connectivity index (χ4v) is 2.49. The molecule has 3 aliphatic rings. The summed E-state index contributed by atoms with van der Waals surface area (Å²) >= 11 is 0. The third kappa shape index (κ3) is 0.877. The molecule has 0 aromatic heterocycles. The SMILES string of the molecule is COC1(C2([C]3CCO3)CCO2)CCO1. The van der Waals surface area contributed by atoms with E-state index in [9.17, 15) is 0 Å². The second kappa shape index (κ2) is 2.92. The van der Waals surface area contributed by atoms with E-state index in [0.717, 1.165) is 45.2 Å². The van der Waals surface area contributed by atoms with Crippen molar-refractivity contribution >= 4 is 0 Å². The Bertz CT molecular complexity index is 223. The van der Waals surface area contributed by atoms with E-state index in [1.54, 1.807) is 7.11 Å². The Morgan fingerprint density at radius 2 is 1.79 bits per heavy atom. The van der Waals surface area contributed by atoms with Gasteiger partial charge < -0.3 is 18.9 Å². The van der Waals surface area contributed by atoms with E-state index < -0.39 is 11.4 Å². The second-order valence-electron chi connectivity index (χ2n) is 4.00. The highest BCUT2D eigenvalue weighted by Crippen LogP contribution is 2.55. The minimum Gasteiger partial charge on any atom is -0.368 e. The molecule has 0 N–H and O–H groups in total. The van der Waals surface area contributed by atoms with Crippen molar-refractivity contribution in [2.75, 3.05) is 26.9 Å². The fourth-order valence-electron chi connectivity index (χ4n) is 2.49. The first kappa shape index (κ1) is 9.09. The van der Waals surface area contributed by atoms with Crippen molar-refractivity contribution in [1.29, 1.82) is 0 Å². The first-order valence-electron chi connectivity index (χ1n) is 5.15. The van der Waals surface area contributed by atoms with Crippen molar-refractivity contribution in [2.45, 2.75) is 30.7 Å². The molecule has 2 atom stereocenters. The van der Waals surface area contributed by atoms with E-state index in [1.165, 1.54) is 0 Å². The molecule has 4 heteroatoms. The molecule has 0 aromatic carbocycles. The van der Waals surface area contributed by atoms with E-state index >= 15 is 0 Å². The minimum atomic E-state index is -0.555. The maximum atomic E-state index is 5.71. The molecule has 3 saturated heterocycles. The lowest BCUT2D eigenvalue weighted by Gasteiger charge is -2.61. The first-order valence-corrected chi connectivity index (χ1v) is 5.15. The zero-order chi connectivity index (χ0) is 9.65. The van der Waals surface area contributed by atoms with Gasteiger partial charge in [0.15, 0.2) is 5.60 Å². The summed E-state index contributed by atoms with van der Waals surface area (Å²) in [4.78, 5) is 0. The molecule has 3 aliphatic heterocycles. The summed E-state index contributed by atoms with van der Waals surface area (Å²) < 4.78 is 22.2. The van der Waals surface area contributed by atoms with Gasteiger partial charge in [0.25, 0.3) is 0 Å². The Labute approximate surface area is 83.5 Å². The van der Waals surface area contributed by atoms with Crippen LogP contribution in [0.25, 0.3) is 0 Å². The third-order valence-corrected chi connectivity index (χ3v) is 3.57. The van der Waals surface area contributed by atoms with Gasteiger partial charge in [0, 0.05) is 26.4 Å². The van der Waals surface area contributed by atoms with Crippen molar-refractivity contribution in [3.8, 4) is 0 Å². The van der Waals surface area contributed by atoms with Crippen LogP contribution in [0.3, 0.4) is 0 Å². The van der Waals surface area contributed by atoms with E-state index in [2.05, 4.69) is 0 Å². The lowest BCUT2D eigenvalue weighted by molar-refractivity contribution is -0.415. The van der Waals surface area contributed by atoms with Gasteiger partial charge in [-0.1, -0.05) is 0 Å². The molecule has 0 spiro atoms. The number of hydrogen-bond donors (Lipinski definition) is 0. The number of rotatable bonds is 3. The van der Waals surface area contributed by atoms with Gasteiger partial charge in [0.1, 0.15) is 6.10 Å². The zero-order valence-corrected chi connectivity index (χ0v) is 8.38. The molecule has 3 heterocycles. The molecule has 3 fully saturated rings. The molecule has 0 amide bonds.